The number of amides is 1. The summed E-state index contributed by atoms with van der Waals surface area (Å²) in [6.07, 6.45) is 0.822. The third-order valence-electron chi connectivity index (χ3n) is 3.16. The van der Waals surface area contributed by atoms with Crippen molar-refractivity contribution < 1.29 is 24.5 Å². The van der Waals surface area contributed by atoms with Crippen LogP contribution >= 0.6 is 23.2 Å². The van der Waals surface area contributed by atoms with E-state index in [9.17, 15) is 30.1 Å². The number of carbonyl (C=O) groups excluding carboxylic acids is 1. The molecule has 2 aromatic carbocycles. The number of hydrogen-bond donors (Lipinski definition) is 2. The van der Waals surface area contributed by atoms with Crippen molar-refractivity contribution in [3.05, 3.63) is 66.2 Å². The van der Waals surface area contributed by atoms with Gasteiger partial charge < -0.3 is 9.84 Å². The minimum absolute atomic E-state index is 0.192. The molecule has 0 atom stereocenters. The monoisotopic (exact) mass is 428 g/mol. The molecule has 11 nitrogen and oxygen atoms in total. The number of nitrogens with zero attached hydrogens (tertiary/aromatic N) is 3. The zero-order chi connectivity index (χ0) is 20.8. The number of phenols is 1. The molecule has 0 aliphatic carbocycles. The van der Waals surface area contributed by atoms with Gasteiger partial charge in [0.2, 0.25) is 5.75 Å². The van der Waals surface area contributed by atoms with E-state index in [4.69, 9.17) is 27.9 Å². The van der Waals surface area contributed by atoms with Gasteiger partial charge in [0, 0.05) is 11.1 Å². The Hall–Kier alpha value is -3.44. The van der Waals surface area contributed by atoms with Gasteiger partial charge in [-0.2, -0.15) is 5.10 Å². The summed E-state index contributed by atoms with van der Waals surface area (Å²) in [6.45, 7) is -0.472. The van der Waals surface area contributed by atoms with Gasteiger partial charge in [0.15, 0.2) is 6.61 Å². The molecule has 0 unspecified atom stereocenters. The summed E-state index contributed by atoms with van der Waals surface area (Å²) >= 11 is 11.6. The smallest absolute Gasteiger partial charge is 0.318 e. The van der Waals surface area contributed by atoms with Crippen LogP contribution in [0.3, 0.4) is 0 Å². The van der Waals surface area contributed by atoms with Crippen molar-refractivity contribution >= 4 is 46.7 Å². The molecule has 0 spiro atoms. The van der Waals surface area contributed by atoms with Crippen LogP contribution in [0.2, 0.25) is 10.0 Å². The number of aromatic hydroxyl groups is 1. The molecule has 2 aromatic rings. The first-order chi connectivity index (χ1) is 13.2. The second-order valence-electron chi connectivity index (χ2n) is 5.07. The Morgan fingerprint density at radius 2 is 1.93 bits per heavy atom. The van der Waals surface area contributed by atoms with Crippen molar-refractivity contribution in [2.45, 2.75) is 0 Å². The number of non-ortho nitro benzene ring substituents is 1. The van der Waals surface area contributed by atoms with E-state index >= 15 is 0 Å². The topological polar surface area (TPSA) is 157 Å². The fraction of sp³-hybridized carbons (Fsp3) is 0.0667. The van der Waals surface area contributed by atoms with Gasteiger partial charge in [-0.1, -0.05) is 23.2 Å². The molecule has 0 saturated heterocycles. The second kappa shape index (κ2) is 8.97. The fourth-order valence-electron chi connectivity index (χ4n) is 1.91. The molecule has 146 valence electrons. The highest BCUT2D eigenvalue weighted by Gasteiger charge is 2.23. The van der Waals surface area contributed by atoms with E-state index in [1.54, 1.807) is 0 Å². The van der Waals surface area contributed by atoms with Crippen LogP contribution in [-0.4, -0.2) is 33.7 Å². The first-order valence-electron chi connectivity index (χ1n) is 7.24. The number of hydrazone groups is 1. The van der Waals surface area contributed by atoms with Crippen LogP contribution in [0.25, 0.3) is 0 Å². The van der Waals surface area contributed by atoms with E-state index in [1.165, 1.54) is 18.2 Å². The normalized spacial score (nSPS) is 10.6. The SMILES string of the molecule is O=C(COc1ccc(Cl)cc1Cl)N/N=C\c1cc([N+](=O)[O-])cc([N+](=O)[O-])c1O. The van der Waals surface area contributed by atoms with Crippen molar-refractivity contribution in [1.29, 1.82) is 0 Å². The molecule has 0 aliphatic rings. The lowest BCUT2D eigenvalue weighted by Crippen LogP contribution is -2.24. The molecule has 13 heteroatoms. The van der Waals surface area contributed by atoms with Crippen molar-refractivity contribution in [3.8, 4) is 11.5 Å². The summed E-state index contributed by atoms with van der Waals surface area (Å²) in [5.74, 6) is -1.35. The van der Waals surface area contributed by atoms with E-state index in [-0.39, 0.29) is 16.3 Å². The van der Waals surface area contributed by atoms with E-state index in [2.05, 4.69) is 5.10 Å². The highest BCUT2D eigenvalue weighted by Crippen LogP contribution is 2.33. The third-order valence-corrected chi connectivity index (χ3v) is 3.69. The molecule has 0 aliphatic heterocycles. The number of nitro groups is 2. The maximum atomic E-state index is 11.7. The molecule has 1 amide bonds. The highest BCUT2D eigenvalue weighted by molar-refractivity contribution is 6.35. The van der Waals surface area contributed by atoms with Gasteiger partial charge >= 0.3 is 5.69 Å². The molecular formula is C15H10Cl2N4O7. The van der Waals surface area contributed by atoms with Gasteiger partial charge in [0.05, 0.1) is 32.7 Å². The molecule has 0 fully saturated rings. The Balaban J connectivity index is 2.06. The van der Waals surface area contributed by atoms with E-state index in [0.29, 0.717) is 11.1 Å². The molecule has 0 saturated carbocycles. The highest BCUT2D eigenvalue weighted by atomic mass is 35.5. The quantitative estimate of drug-likeness (QED) is 0.389. The predicted octanol–water partition coefficient (Wildman–Crippen LogP) is 3.04. The van der Waals surface area contributed by atoms with Gasteiger partial charge in [-0.25, -0.2) is 5.43 Å². The maximum absolute atomic E-state index is 11.7. The van der Waals surface area contributed by atoms with Gasteiger partial charge in [0.1, 0.15) is 5.75 Å². The van der Waals surface area contributed by atoms with Gasteiger partial charge in [-0.05, 0) is 18.2 Å². The van der Waals surface area contributed by atoms with Crippen LogP contribution in [0, 0.1) is 20.2 Å². The lowest BCUT2D eigenvalue weighted by atomic mass is 10.1. The number of halogens is 2. The predicted molar refractivity (Wildman–Crippen MR) is 99.1 cm³/mol. The average molecular weight is 429 g/mol. The van der Waals surface area contributed by atoms with Crippen molar-refractivity contribution in [1.82, 2.24) is 5.43 Å². The number of ether oxygens (including phenoxy) is 1. The Labute approximate surface area is 166 Å². The van der Waals surface area contributed by atoms with E-state index in [1.807, 2.05) is 5.43 Å². The van der Waals surface area contributed by atoms with Gasteiger partial charge in [-0.15, -0.1) is 0 Å². The summed E-state index contributed by atoms with van der Waals surface area (Å²) < 4.78 is 5.18. The number of nitro benzene ring substituents is 2. The van der Waals surface area contributed by atoms with Crippen molar-refractivity contribution in [3.63, 3.8) is 0 Å². The Bertz CT molecular complexity index is 981. The standard InChI is InChI=1S/C15H10Cl2N4O7/c16-9-1-2-13(11(17)4-9)28-7-14(22)19-18-6-8-3-10(20(24)25)5-12(15(8)23)21(26)27/h1-6,23H,7H2,(H,19,22)/b18-6-. The van der Waals surface area contributed by atoms with Crippen LogP contribution in [0.15, 0.2) is 35.4 Å². The number of carbonyl (C=O) groups is 1. The molecule has 0 radical (unpaired) electrons. The summed E-state index contributed by atoms with van der Waals surface area (Å²) in [6, 6.07) is 5.86. The zero-order valence-electron chi connectivity index (χ0n) is 13.7. The lowest BCUT2D eigenvalue weighted by molar-refractivity contribution is -0.394. The van der Waals surface area contributed by atoms with Crippen LogP contribution in [0.1, 0.15) is 5.56 Å². The minimum Gasteiger partial charge on any atom is -0.502 e. The van der Waals surface area contributed by atoms with Gasteiger partial charge in [-0.3, -0.25) is 25.0 Å². The summed E-state index contributed by atoms with van der Waals surface area (Å²) in [7, 11) is 0. The van der Waals surface area contributed by atoms with E-state index in [0.717, 1.165) is 12.3 Å². The third kappa shape index (κ3) is 5.28. The number of benzene rings is 2. The van der Waals surface area contributed by atoms with Crippen LogP contribution < -0.4 is 10.2 Å². The molecule has 0 heterocycles. The number of nitrogens with one attached hydrogen (secondary N) is 1. The molecule has 2 rings (SSSR count). The molecule has 28 heavy (non-hydrogen) atoms. The molecule has 2 N–H and O–H groups in total. The molecule has 0 bridgehead atoms. The molecule has 0 aromatic heterocycles. The summed E-state index contributed by atoms with van der Waals surface area (Å²) in [5.41, 5.74) is 0.212. The van der Waals surface area contributed by atoms with Gasteiger partial charge in [0.25, 0.3) is 11.6 Å². The largest absolute Gasteiger partial charge is 0.502 e. The van der Waals surface area contributed by atoms with Crippen molar-refractivity contribution in [2.24, 2.45) is 5.10 Å². The number of hydrogen-bond acceptors (Lipinski definition) is 8. The van der Waals surface area contributed by atoms with Crippen LogP contribution in [0.5, 0.6) is 11.5 Å². The fourth-order valence-corrected chi connectivity index (χ4v) is 2.37. The summed E-state index contributed by atoms with van der Waals surface area (Å²) in [4.78, 5) is 31.6. The van der Waals surface area contributed by atoms with Crippen molar-refractivity contribution in [2.75, 3.05) is 6.61 Å². The zero-order valence-corrected chi connectivity index (χ0v) is 15.2. The average Bonchev–Trinajstić information content (AvgIpc) is 2.61. The van der Waals surface area contributed by atoms with Crippen LogP contribution in [-0.2, 0) is 4.79 Å². The molecular weight excluding hydrogens is 419 g/mol. The minimum atomic E-state index is -0.984. The maximum Gasteiger partial charge on any atom is 0.318 e. The Morgan fingerprint density at radius 3 is 2.54 bits per heavy atom. The second-order valence-corrected chi connectivity index (χ2v) is 5.92. The van der Waals surface area contributed by atoms with E-state index < -0.39 is 39.5 Å². The Morgan fingerprint density at radius 1 is 1.21 bits per heavy atom. The first kappa shape index (κ1) is 20.9. The first-order valence-corrected chi connectivity index (χ1v) is 8.00. The summed E-state index contributed by atoms with van der Waals surface area (Å²) in [5, 5.41) is 35.6. The number of phenolic OH excluding ortho intramolecular Hbond substituents is 1. The lowest BCUT2D eigenvalue weighted by Gasteiger charge is -2.07. The number of rotatable bonds is 7. The van der Waals surface area contributed by atoms with Crippen LogP contribution in [0.4, 0.5) is 11.4 Å². The Kier molecular flexibility index (Phi) is 6.69.